The van der Waals surface area contributed by atoms with E-state index in [9.17, 15) is 14.7 Å². The van der Waals surface area contributed by atoms with E-state index in [1.54, 1.807) is 42.5 Å². The molecular formula is C24H24ClNO6. The van der Waals surface area contributed by atoms with Crippen LogP contribution in [0.25, 0.3) is 5.76 Å². The summed E-state index contributed by atoms with van der Waals surface area (Å²) < 4.78 is 16.5. The Balaban J connectivity index is 1.85. The number of Topliss-reactive ketones (excluding diaryl/α,β-unsaturated/α-hetero) is 1. The number of carbonyl (C=O) groups is 2. The minimum atomic E-state index is -0.797. The second-order valence-corrected chi connectivity index (χ2v) is 8.14. The highest BCUT2D eigenvalue weighted by Crippen LogP contribution is 2.42. The largest absolute Gasteiger partial charge is 0.507 e. The van der Waals surface area contributed by atoms with Crippen molar-refractivity contribution in [2.24, 2.45) is 0 Å². The van der Waals surface area contributed by atoms with E-state index in [0.29, 0.717) is 34.3 Å². The topological polar surface area (TPSA) is 85.3 Å². The van der Waals surface area contributed by atoms with Crippen molar-refractivity contribution in [2.75, 3.05) is 27.4 Å². The number of hydrogen-bond donors (Lipinski definition) is 1. The van der Waals surface area contributed by atoms with Crippen LogP contribution in [-0.2, 0) is 14.3 Å². The quantitative estimate of drug-likeness (QED) is 0.401. The first-order chi connectivity index (χ1) is 15.4. The summed E-state index contributed by atoms with van der Waals surface area (Å²) in [5, 5.41) is 11.6. The summed E-state index contributed by atoms with van der Waals surface area (Å²) in [6.07, 6.45) is 1.55. The number of rotatable bonds is 6. The molecule has 0 unspecified atom stereocenters. The smallest absolute Gasteiger partial charge is 0.295 e. The lowest BCUT2D eigenvalue weighted by Crippen LogP contribution is -2.36. The predicted octanol–water partition coefficient (Wildman–Crippen LogP) is 3.96. The van der Waals surface area contributed by atoms with Crippen molar-refractivity contribution in [1.82, 2.24) is 4.90 Å². The van der Waals surface area contributed by atoms with Crippen LogP contribution < -0.4 is 9.47 Å². The third-order valence-corrected chi connectivity index (χ3v) is 6.06. The van der Waals surface area contributed by atoms with Crippen LogP contribution in [0.2, 0.25) is 5.02 Å². The molecule has 2 saturated heterocycles. The average molecular weight is 458 g/mol. The summed E-state index contributed by atoms with van der Waals surface area (Å²) in [7, 11) is 3.04. The molecule has 2 aliphatic rings. The Morgan fingerprint density at radius 1 is 1.12 bits per heavy atom. The second kappa shape index (κ2) is 9.22. The molecule has 0 radical (unpaired) electrons. The van der Waals surface area contributed by atoms with Crippen LogP contribution in [0.4, 0.5) is 0 Å². The Hall–Kier alpha value is -3.03. The molecule has 0 aliphatic carbocycles. The minimum absolute atomic E-state index is 0.0162. The van der Waals surface area contributed by atoms with Gasteiger partial charge in [-0.3, -0.25) is 9.59 Å². The molecule has 2 heterocycles. The van der Waals surface area contributed by atoms with Crippen molar-refractivity contribution in [3.05, 3.63) is 64.2 Å². The third-order valence-electron chi connectivity index (χ3n) is 5.81. The normalized spacial score (nSPS) is 22.4. The molecule has 2 aromatic carbocycles. The Morgan fingerprint density at radius 3 is 2.47 bits per heavy atom. The first-order valence-corrected chi connectivity index (χ1v) is 10.7. The van der Waals surface area contributed by atoms with E-state index in [1.165, 1.54) is 19.1 Å². The Bertz CT molecular complexity index is 1060. The van der Waals surface area contributed by atoms with Gasteiger partial charge in [-0.05, 0) is 54.8 Å². The van der Waals surface area contributed by atoms with Crippen LogP contribution in [0.15, 0.2) is 48.0 Å². The van der Waals surface area contributed by atoms with Gasteiger partial charge in [0.1, 0.15) is 5.76 Å². The summed E-state index contributed by atoms with van der Waals surface area (Å²) in [6, 6.07) is 10.8. The van der Waals surface area contributed by atoms with Gasteiger partial charge in [0.25, 0.3) is 11.7 Å². The van der Waals surface area contributed by atoms with Gasteiger partial charge in [0.05, 0.1) is 31.9 Å². The van der Waals surface area contributed by atoms with Crippen molar-refractivity contribution in [3.63, 3.8) is 0 Å². The number of ketones is 1. The first kappa shape index (κ1) is 22.2. The number of halogens is 1. The lowest BCUT2D eigenvalue weighted by molar-refractivity contribution is -0.140. The maximum Gasteiger partial charge on any atom is 0.295 e. The fraction of sp³-hybridized carbons (Fsp3) is 0.333. The van der Waals surface area contributed by atoms with Crippen LogP contribution in [-0.4, -0.2) is 55.2 Å². The molecule has 4 rings (SSSR count). The molecule has 0 bridgehead atoms. The number of ether oxygens (including phenoxy) is 3. The zero-order chi connectivity index (χ0) is 22.8. The van der Waals surface area contributed by atoms with E-state index in [4.69, 9.17) is 25.8 Å². The standard InChI is InChI=1S/C24H24ClNO6/c1-30-18-10-7-15(12-19(18)31-2)21-20(22(27)14-5-8-16(25)9-6-14)23(28)24(29)26(21)13-17-4-3-11-32-17/h5-10,12,17,21,27H,3-4,11,13H2,1-2H3/b22-20+/t17-,21-/m0/s1. The minimum Gasteiger partial charge on any atom is -0.507 e. The summed E-state index contributed by atoms with van der Waals surface area (Å²) in [6.45, 7) is 0.876. The van der Waals surface area contributed by atoms with E-state index in [2.05, 4.69) is 0 Å². The number of hydrogen-bond acceptors (Lipinski definition) is 6. The van der Waals surface area contributed by atoms with E-state index in [1.807, 2.05) is 0 Å². The van der Waals surface area contributed by atoms with Crippen LogP contribution in [0.3, 0.4) is 0 Å². The van der Waals surface area contributed by atoms with Crippen LogP contribution in [0.1, 0.15) is 30.0 Å². The number of benzene rings is 2. The van der Waals surface area contributed by atoms with Crippen molar-refractivity contribution < 1.29 is 28.9 Å². The number of likely N-dealkylation sites (tertiary alicyclic amines) is 1. The molecule has 7 nitrogen and oxygen atoms in total. The van der Waals surface area contributed by atoms with Crippen LogP contribution in [0, 0.1) is 0 Å². The van der Waals surface area contributed by atoms with Gasteiger partial charge in [0, 0.05) is 23.7 Å². The number of nitrogens with zero attached hydrogens (tertiary/aromatic N) is 1. The molecule has 168 valence electrons. The Kier molecular flexibility index (Phi) is 6.39. The van der Waals surface area contributed by atoms with Gasteiger partial charge in [0.2, 0.25) is 0 Å². The van der Waals surface area contributed by atoms with Gasteiger partial charge in [-0.1, -0.05) is 17.7 Å². The number of amides is 1. The molecule has 2 fully saturated rings. The molecule has 0 aromatic heterocycles. The van der Waals surface area contributed by atoms with Crippen molar-refractivity contribution in [2.45, 2.75) is 25.0 Å². The summed E-state index contributed by atoms with van der Waals surface area (Å²) >= 11 is 5.97. The van der Waals surface area contributed by atoms with E-state index < -0.39 is 17.7 Å². The van der Waals surface area contributed by atoms with Gasteiger partial charge in [-0.15, -0.1) is 0 Å². The molecule has 2 aromatic rings. The highest BCUT2D eigenvalue weighted by atomic mass is 35.5. The van der Waals surface area contributed by atoms with Gasteiger partial charge in [0.15, 0.2) is 11.5 Å². The van der Waals surface area contributed by atoms with Crippen LogP contribution >= 0.6 is 11.6 Å². The van der Waals surface area contributed by atoms with Crippen molar-refractivity contribution in [1.29, 1.82) is 0 Å². The molecule has 32 heavy (non-hydrogen) atoms. The highest BCUT2D eigenvalue weighted by Gasteiger charge is 2.47. The van der Waals surface area contributed by atoms with Crippen molar-refractivity contribution >= 4 is 29.1 Å². The molecular weight excluding hydrogens is 434 g/mol. The number of aliphatic hydroxyl groups excluding tert-OH is 1. The molecule has 2 aliphatic heterocycles. The summed E-state index contributed by atoms with van der Waals surface area (Å²) in [5.41, 5.74) is 1.04. The molecule has 1 amide bonds. The first-order valence-electron chi connectivity index (χ1n) is 10.3. The van der Waals surface area contributed by atoms with E-state index in [0.717, 1.165) is 12.8 Å². The molecule has 0 saturated carbocycles. The van der Waals surface area contributed by atoms with E-state index in [-0.39, 0.29) is 24.0 Å². The number of methoxy groups -OCH3 is 2. The lowest BCUT2D eigenvalue weighted by Gasteiger charge is -2.28. The monoisotopic (exact) mass is 457 g/mol. The number of aliphatic hydroxyl groups is 1. The maximum absolute atomic E-state index is 13.1. The number of carbonyl (C=O) groups excluding carboxylic acids is 2. The van der Waals surface area contributed by atoms with Gasteiger partial charge < -0.3 is 24.2 Å². The molecule has 1 N–H and O–H groups in total. The summed E-state index contributed by atoms with van der Waals surface area (Å²) in [5.74, 6) is -0.690. The highest BCUT2D eigenvalue weighted by molar-refractivity contribution is 6.46. The fourth-order valence-corrected chi connectivity index (χ4v) is 4.33. The van der Waals surface area contributed by atoms with Crippen LogP contribution in [0.5, 0.6) is 11.5 Å². The average Bonchev–Trinajstić information content (AvgIpc) is 3.41. The predicted molar refractivity (Wildman–Crippen MR) is 119 cm³/mol. The van der Waals surface area contributed by atoms with Gasteiger partial charge in [-0.2, -0.15) is 0 Å². The summed E-state index contributed by atoms with van der Waals surface area (Å²) in [4.78, 5) is 27.6. The molecule has 8 heteroatoms. The van der Waals surface area contributed by atoms with Gasteiger partial charge >= 0.3 is 0 Å². The lowest BCUT2D eigenvalue weighted by atomic mass is 9.95. The Labute approximate surface area is 191 Å². The second-order valence-electron chi connectivity index (χ2n) is 7.71. The zero-order valence-corrected chi connectivity index (χ0v) is 18.6. The van der Waals surface area contributed by atoms with E-state index >= 15 is 0 Å². The fourth-order valence-electron chi connectivity index (χ4n) is 4.21. The van der Waals surface area contributed by atoms with Gasteiger partial charge in [-0.25, -0.2) is 0 Å². The van der Waals surface area contributed by atoms with Crippen molar-refractivity contribution in [3.8, 4) is 11.5 Å². The SMILES string of the molecule is COc1ccc([C@H]2/C(=C(\O)c3ccc(Cl)cc3)C(=O)C(=O)N2C[C@@H]2CCCO2)cc1OC. The third kappa shape index (κ3) is 4.06. The Morgan fingerprint density at radius 2 is 1.84 bits per heavy atom. The molecule has 0 spiro atoms. The maximum atomic E-state index is 13.1. The zero-order valence-electron chi connectivity index (χ0n) is 17.8. The molecule has 2 atom stereocenters.